The van der Waals surface area contributed by atoms with E-state index in [2.05, 4.69) is 48.5 Å². The molecule has 1 aliphatic rings. The Morgan fingerprint density at radius 2 is 2.12 bits per heavy atom. The van der Waals surface area contributed by atoms with Crippen LogP contribution >= 0.6 is 35.5 Å². The largest absolute Gasteiger partial charge is 0.357 e. The molecule has 0 aromatic carbocycles. The highest BCUT2D eigenvalue weighted by Gasteiger charge is 2.22. The van der Waals surface area contributed by atoms with Crippen LogP contribution in [0.25, 0.3) is 0 Å². The van der Waals surface area contributed by atoms with E-state index in [4.69, 9.17) is 4.99 Å². The average Bonchev–Trinajstić information content (AvgIpc) is 3.30. The van der Waals surface area contributed by atoms with Crippen LogP contribution in [-0.2, 0) is 13.0 Å². The summed E-state index contributed by atoms with van der Waals surface area (Å²) >= 11 is 1.50. The fraction of sp³-hybridized carbons (Fsp3) is 0.600. The smallest absolute Gasteiger partial charge is 0.205 e. The summed E-state index contributed by atoms with van der Waals surface area (Å²) in [5.41, 5.74) is 1.02. The molecule has 10 heteroatoms. The molecule has 3 heterocycles. The molecule has 0 saturated carbocycles. The highest BCUT2D eigenvalue weighted by Crippen LogP contribution is 2.19. The molecule has 3 rings (SSSR count). The maximum Gasteiger partial charge on any atom is 0.205 e. The van der Waals surface area contributed by atoms with Crippen LogP contribution in [0, 0.1) is 0 Å². The number of aromatic amines is 1. The van der Waals surface area contributed by atoms with Crippen LogP contribution in [-0.4, -0.2) is 63.1 Å². The van der Waals surface area contributed by atoms with E-state index in [1.54, 1.807) is 6.20 Å². The third-order valence-electron chi connectivity index (χ3n) is 3.92. The summed E-state index contributed by atoms with van der Waals surface area (Å²) in [5.74, 6) is 1.89. The quantitative estimate of drug-likeness (QED) is 0.389. The van der Waals surface area contributed by atoms with Gasteiger partial charge in [0.25, 0.3) is 0 Å². The predicted molar refractivity (Wildman–Crippen MR) is 112 cm³/mol. The van der Waals surface area contributed by atoms with Crippen LogP contribution in [0.2, 0.25) is 0 Å². The molecule has 2 N–H and O–H groups in total. The first kappa shape index (κ1) is 19.9. The molecule has 0 spiro atoms. The number of piperazine rings is 1. The molecule has 2 aromatic rings. The van der Waals surface area contributed by atoms with Gasteiger partial charge in [-0.05, 0) is 13.0 Å². The molecule has 25 heavy (non-hydrogen) atoms. The minimum Gasteiger partial charge on any atom is -0.357 e. The number of hydrogen-bond donors (Lipinski definition) is 2. The van der Waals surface area contributed by atoms with E-state index >= 15 is 0 Å². The van der Waals surface area contributed by atoms with Gasteiger partial charge < -0.3 is 15.1 Å². The lowest BCUT2D eigenvalue weighted by molar-refractivity contribution is 0.372. The first-order valence-corrected chi connectivity index (χ1v) is 9.16. The lowest BCUT2D eigenvalue weighted by atomic mass is 10.3. The van der Waals surface area contributed by atoms with Gasteiger partial charge in [-0.15, -0.1) is 24.0 Å². The minimum atomic E-state index is 0. The summed E-state index contributed by atoms with van der Waals surface area (Å²) in [5, 5.41) is 11.3. The van der Waals surface area contributed by atoms with Crippen molar-refractivity contribution in [2.75, 3.05) is 37.6 Å². The van der Waals surface area contributed by atoms with Gasteiger partial charge in [-0.1, -0.05) is 6.92 Å². The number of anilines is 1. The van der Waals surface area contributed by atoms with Crippen LogP contribution in [0.15, 0.2) is 17.3 Å². The van der Waals surface area contributed by atoms with Crippen molar-refractivity contribution < 1.29 is 0 Å². The van der Waals surface area contributed by atoms with Gasteiger partial charge in [-0.25, -0.2) is 9.98 Å². The third-order valence-corrected chi connectivity index (χ3v) is 4.73. The number of nitrogens with one attached hydrogen (secondary N) is 2. The van der Waals surface area contributed by atoms with Crippen molar-refractivity contribution in [1.82, 2.24) is 29.8 Å². The van der Waals surface area contributed by atoms with Crippen molar-refractivity contribution in [2.45, 2.75) is 26.8 Å². The summed E-state index contributed by atoms with van der Waals surface area (Å²) in [4.78, 5) is 13.9. The maximum absolute atomic E-state index is 4.71. The zero-order chi connectivity index (χ0) is 16.8. The fourth-order valence-corrected chi connectivity index (χ4v) is 3.39. The second-order valence-electron chi connectivity index (χ2n) is 5.57. The maximum atomic E-state index is 4.71. The molecule has 1 fully saturated rings. The summed E-state index contributed by atoms with van der Waals surface area (Å²) in [6.07, 6.45) is 2.64. The Kier molecular flexibility index (Phi) is 7.88. The molecule has 138 valence electrons. The zero-order valence-electron chi connectivity index (χ0n) is 14.6. The van der Waals surface area contributed by atoms with E-state index in [1.807, 2.05) is 6.07 Å². The molecule has 2 aromatic heterocycles. The lowest BCUT2D eigenvalue weighted by Gasteiger charge is -2.36. The number of aromatic nitrogens is 4. The topological polar surface area (TPSA) is 85.3 Å². The summed E-state index contributed by atoms with van der Waals surface area (Å²) in [6, 6.07) is 1.95. The van der Waals surface area contributed by atoms with Crippen molar-refractivity contribution in [3.8, 4) is 0 Å². The van der Waals surface area contributed by atoms with E-state index in [0.717, 1.165) is 61.8 Å². The van der Waals surface area contributed by atoms with Crippen LogP contribution in [0.1, 0.15) is 25.4 Å². The second-order valence-corrected chi connectivity index (χ2v) is 6.30. The Balaban J connectivity index is 0.00000225. The van der Waals surface area contributed by atoms with Crippen molar-refractivity contribution in [3.63, 3.8) is 0 Å². The van der Waals surface area contributed by atoms with Gasteiger partial charge in [-0.3, -0.25) is 5.10 Å². The predicted octanol–water partition coefficient (Wildman–Crippen LogP) is 1.73. The van der Waals surface area contributed by atoms with Gasteiger partial charge in [0.15, 0.2) is 5.96 Å². The molecule has 0 amide bonds. The number of H-pyrrole nitrogens is 1. The Morgan fingerprint density at radius 3 is 2.72 bits per heavy atom. The second kappa shape index (κ2) is 9.90. The first-order valence-electron chi connectivity index (χ1n) is 8.39. The van der Waals surface area contributed by atoms with Gasteiger partial charge in [0, 0.05) is 56.9 Å². The van der Waals surface area contributed by atoms with Gasteiger partial charge >= 0.3 is 0 Å². The van der Waals surface area contributed by atoms with Crippen molar-refractivity contribution in [1.29, 1.82) is 0 Å². The number of aliphatic imine (C=N–C) groups is 1. The third kappa shape index (κ3) is 5.27. The number of aryl methyl sites for hydroxylation is 1. The average molecular weight is 476 g/mol. The molecule has 0 radical (unpaired) electrons. The summed E-state index contributed by atoms with van der Waals surface area (Å²) in [7, 11) is 0. The number of guanidine groups is 1. The van der Waals surface area contributed by atoms with Crippen LogP contribution in [0.5, 0.6) is 0 Å². The summed E-state index contributed by atoms with van der Waals surface area (Å²) < 4.78 is 4.38. The van der Waals surface area contributed by atoms with Crippen LogP contribution in [0.3, 0.4) is 0 Å². The monoisotopic (exact) mass is 476 g/mol. The van der Waals surface area contributed by atoms with Gasteiger partial charge in [0.2, 0.25) is 5.13 Å². The van der Waals surface area contributed by atoms with E-state index in [9.17, 15) is 0 Å². The molecule has 0 atom stereocenters. The molecule has 0 unspecified atom stereocenters. The van der Waals surface area contributed by atoms with Gasteiger partial charge in [0.1, 0.15) is 5.82 Å². The minimum absolute atomic E-state index is 0. The fourth-order valence-electron chi connectivity index (χ4n) is 2.58. The Bertz CT molecular complexity index is 648. The molecule has 8 nitrogen and oxygen atoms in total. The zero-order valence-corrected chi connectivity index (χ0v) is 17.8. The molecular weight excluding hydrogens is 451 g/mol. The van der Waals surface area contributed by atoms with E-state index < -0.39 is 0 Å². The molecule has 1 saturated heterocycles. The molecular formula is C15H25IN8S. The van der Waals surface area contributed by atoms with Crippen molar-refractivity contribution >= 4 is 46.6 Å². The van der Waals surface area contributed by atoms with Crippen LogP contribution < -0.4 is 10.2 Å². The number of rotatable bonds is 5. The standard InChI is InChI=1S/C15H24N8S.HI/c1-3-13-19-15(24-21-13)23-9-7-22(8-10-23)14(16-4-2)17-11-12-5-6-18-20-12;/h5-6H,3-4,7-11H2,1-2H3,(H,16,17)(H,18,20);1H. The Hall–Kier alpha value is -1.43. The highest BCUT2D eigenvalue weighted by atomic mass is 127. The van der Waals surface area contributed by atoms with Gasteiger partial charge in [-0.2, -0.15) is 9.47 Å². The molecule has 1 aliphatic heterocycles. The van der Waals surface area contributed by atoms with Crippen LogP contribution in [0.4, 0.5) is 5.13 Å². The Morgan fingerprint density at radius 1 is 1.32 bits per heavy atom. The number of halogens is 1. The summed E-state index contributed by atoms with van der Waals surface area (Å²) in [6.45, 7) is 9.38. The van der Waals surface area contributed by atoms with E-state index in [-0.39, 0.29) is 24.0 Å². The molecule has 0 bridgehead atoms. The number of nitrogens with zero attached hydrogens (tertiary/aromatic N) is 6. The Labute approximate surface area is 169 Å². The van der Waals surface area contributed by atoms with Crippen molar-refractivity contribution in [2.24, 2.45) is 4.99 Å². The molecule has 0 aliphatic carbocycles. The lowest BCUT2D eigenvalue weighted by Crippen LogP contribution is -2.52. The van der Waals surface area contributed by atoms with E-state index in [1.165, 1.54) is 11.5 Å². The first-order chi connectivity index (χ1) is 11.8. The van der Waals surface area contributed by atoms with E-state index in [0.29, 0.717) is 6.54 Å². The highest BCUT2D eigenvalue weighted by molar-refractivity contribution is 14.0. The SMILES string of the molecule is CCNC(=NCc1ccn[nH]1)N1CCN(c2nc(CC)ns2)CC1.I. The van der Waals surface area contributed by atoms with Gasteiger partial charge in [0.05, 0.1) is 12.2 Å². The normalized spacial score (nSPS) is 15.2. The number of hydrogen-bond acceptors (Lipinski definition) is 6. The van der Waals surface area contributed by atoms with Crippen molar-refractivity contribution in [3.05, 3.63) is 23.8 Å².